The first-order valence-corrected chi connectivity index (χ1v) is 6.06. The molecule has 0 aliphatic heterocycles. The number of carbonyl (C=O) groups excluding carboxylic acids is 2. The number of hydrogen-bond acceptors (Lipinski definition) is 5. The lowest BCUT2D eigenvalue weighted by atomic mass is 10.3. The molecular weight excluding hydrogens is 250 g/mol. The van der Waals surface area contributed by atoms with Gasteiger partial charge in [0.1, 0.15) is 0 Å². The first kappa shape index (κ1) is 15.0. The van der Waals surface area contributed by atoms with Crippen molar-refractivity contribution in [3.05, 3.63) is 11.8 Å². The number of methoxy groups -OCH3 is 1. The van der Waals surface area contributed by atoms with Crippen LogP contribution in [0.15, 0.2) is 6.07 Å². The van der Waals surface area contributed by atoms with Crippen LogP contribution >= 0.6 is 0 Å². The zero-order chi connectivity index (χ0) is 14.3. The molecule has 1 N–H and O–H groups in total. The highest BCUT2D eigenvalue weighted by molar-refractivity contribution is 5.81. The molecule has 1 heterocycles. The number of carbonyl (C=O) groups is 2. The molecule has 0 atom stereocenters. The summed E-state index contributed by atoms with van der Waals surface area (Å²) in [5, 5.41) is 6.85. The Morgan fingerprint density at radius 1 is 1.42 bits per heavy atom. The van der Waals surface area contributed by atoms with Gasteiger partial charge in [0, 0.05) is 19.5 Å². The van der Waals surface area contributed by atoms with Gasteiger partial charge in [0.2, 0.25) is 11.8 Å². The van der Waals surface area contributed by atoms with Gasteiger partial charge >= 0.3 is 5.97 Å². The monoisotopic (exact) mass is 269 g/mol. The molecule has 7 heteroatoms. The van der Waals surface area contributed by atoms with Crippen LogP contribution in [0.4, 0.5) is 0 Å². The number of nitrogens with zero attached hydrogens (tertiary/aromatic N) is 2. The van der Waals surface area contributed by atoms with Gasteiger partial charge in [-0.1, -0.05) is 0 Å². The van der Waals surface area contributed by atoms with Crippen molar-refractivity contribution in [3.8, 4) is 5.88 Å². The van der Waals surface area contributed by atoms with Gasteiger partial charge in [0.05, 0.1) is 32.4 Å². The highest BCUT2D eigenvalue weighted by Crippen LogP contribution is 2.10. The predicted octanol–water partition coefficient (Wildman–Crippen LogP) is 0.388. The smallest absolute Gasteiger partial charge is 0.306 e. The van der Waals surface area contributed by atoms with Crippen molar-refractivity contribution in [2.75, 3.05) is 13.7 Å². The van der Waals surface area contributed by atoms with E-state index in [2.05, 4.69) is 10.4 Å². The maximum absolute atomic E-state index is 11.5. The first-order chi connectivity index (χ1) is 9.06. The Hall–Kier alpha value is -2.05. The molecule has 0 saturated heterocycles. The summed E-state index contributed by atoms with van der Waals surface area (Å²) in [7, 11) is 3.31. The number of aromatic nitrogens is 2. The second-order valence-electron chi connectivity index (χ2n) is 3.88. The summed E-state index contributed by atoms with van der Waals surface area (Å²) in [5.41, 5.74) is 0.698. The quantitative estimate of drug-likeness (QED) is 0.724. The molecule has 19 heavy (non-hydrogen) atoms. The van der Waals surface area contributed by atoms with E-state index in [1.165, 1.54) is 0 Å². The molecule has 0 aliphatic carbocycles. The second kappa shape index (κ2) is 7.40. The molecule has 0 radical (unpaired) electrons. The maximum Gasteiger partial charge on any atom is 0.306 e. The molecule has 7 nitrogen and oxygen atoms in total. The fraction of sp³-hybridized carbons (Fsp3) is 0.583. The standard InChI is InChI=1S/C12H19N3O4/c1-4-19-12(17)6-5-10(16)13-8-9-7-11(18-3)15(2)14-9/h7H,4-6,8H2,1-3H3,(H,13,16). The van der Waals surface area contributed by atoms with Crippen molar-refractivity contribution in [2.45, 2.75) is 26.3 Å². The molecule has 0 aliphatic rings. The summed E-state index contributed by atoms with van der Waals surface area (Å²) in [6, 6.07) is 1.74. The van der Waals surface area contributed by atoms with Crippen LogP contribution in [0.25, 0.3) is 0 Å². The largest absolute Gasteiger partial charge is 0.481 e. The topological polar surface area (TPSA) is 82.5 Å². The van der Waals surface area contributed by atoms with Crippen LogP contribution in [0.1, 0.15) is 25.5 Å². The van der Waals surface area contributed by atoms with E-state index in [4.69, 9.17) is 9.47 Å². The zero-order valence-electron chi connectivity index (χ0n) is 11.4. The molecule has 1 rings (SSSR count). The molecule has 1 amide bonds. The number of hydrogen-bond donors (Lipinski definition) is 1. The fourth-order valence-electron chi connectivity index (χ4n) is 1.51. The van der Waals surface area contributed by atoms with Crippen LogP contribution in [-0.4, -0.2) is 35.4 Å². The van der Waals surface area contributed by atoms with Gasteiger partial charge in [-0.25, -0.2) is 4.68 Å². The van der Waals surface area contributed by atoms with Gasteiger partial charge in [-0.2, -0.15) is 5.10 Å². The van der Waals surface area contributed by atoms with Crippen molar-refractivity contribution in [1.29, 1.82) is 0 Å². The molecule has 0 spiro atoms. The number of ether oxygens (including phenoxy) is 2. The lowest BCUT2D eigenvalue weighted by Crippen LogP contribution is -2.23. The summed E-state index contributed by atoms with van der Waals surface area (Å²) >= 11 is 0. The van der Waals surface area contributed by atoms with Crippen molar-refractivity contribution in [2.24, 2.45) is 7.05 Å². The van der Waals surface area contributed by atoms with E-state index in [0.29, 0.717) is 24.7 Å². The highest BCUT2D eigenvalue weighted by atomic mass is 16.5. The Morgan fingerprint density at radius 3 is 2.74 bits per heavy atom. The Kier molecular flexibility index (Phi) is 5.84. The molecular formula is C12H19N3O4. The van der Waals surface area contributed by atoms with Crippen LogP contribution < -0.4 is 10.1 Å². The average Bonchev–Trinajstić information content (AvgIpc) is 2.75. The van der Waals surface area contributed by atoms with Gasteiger partial charge in [0.15, 0.2) is 0 Å². The van der Waals surface area contributed by atoms with Gasteiger partial charge < -0.3 is 14.8 Å². The first-order valence-electron chi connectivity index (χ1n) is 6.06. The highest BCUT2D eigenvalue weighted by Gasteiger charge is 2.09. The fourth-order valence-corrected chi connectivity index (χ4v) is 1.51. The average molecular weight is 269 g/mol. The third kappa shape index (κ3) is 4.99. The number of aryl methyl sites for hydroxylation is 1. The van der Waals surface area contributed by atoms with Gasteiger partial charge in [-0.3, -0.25) is 9.59 Å². The number of nitrogens with one attached hydrogen (secondary N) is 1. The third-order valence-electron chi connectivity index (χ3n) is 2.42. The zero-order valence-corrected chi connectivity index (χ0v) is 11.4. The van der Waals surface area contributed by atoms with E-state index in [0.717, 1.165) is 0 Å². The third-order valence-corrected chi connectivity index (χ3v) is 2.42. The summed E-state index contributed by atoms with van der Waals surface area (Å²) in [6.45, 7) is 2.36. The predicted molar refractivity (Wildman–Crippen MR) is 67.5 cm³/mol. The molecule has 0 fully saturated rings. The van der Waals surface area contributed by atoms with Crippen LogP contribution in [0, 0.1) is 0 Å². The van der Waals surface area contributed by atoms with E-state index in [1.54, 1.807) is 31.8 Å². The molecule has 0 unspecified atom stereocenters. The van der Waals surface area contributed by atoms with Crippen molar-refractivity contribution in [1.82, 2.24) is 15.1 Å². The van der Waals surface area contributed by atoms with Crippen LogP contribution in [-0.2, 0) is 27.9 Å². The molecule has 0 aromatic carbocycles. The SMILES string of the molecule is CCOC(=O)CCC(=O)NCc1cc(OC)n(C)n1. The lowest BCUT2D eigenvalue weighted by molar-refractivity contribution is -0.144. The molecule has 0 saturated carbocycles. The van der Waals surface area contributed by atoms with Crippen molar-refractivity contribution < 1.29 is 19.1 Å². The summed E-state index contributed by atoms with van der Waals surface area (Å²) in [6.07, 6.45) is 0.202. The van der Waals surface area contributed by atoms with E-state index >= 15 is 0 Å². The van der Waals surface area contributed by atoms with Crippen LogP contribution in [0.2, 0.25) is 0 Å². The number of amides is 1. The molecule has 1 aromatic rings. The Bertz CT molecular complexity index is 442. The summed E-state index contributed by atoms with van der Waals surface area (Å²) < 4.78 is 11.4. The van der Waals surface area contributed by atoms with E-state index in [9.17, 15) is 9.59 Å². The van der Waals surface area contributed by atoms with E-state index in [-0.39, 0.29) is 24.7 Å². The van der Waals surface area contributed by atoms with E-state index < -0.39 is 0 Å². The van der Waals surface area contributed by atoms with Gasteiger partial charge in [-0.05, 0) is 6.92 Å². The summed E-state index contributed by atoms with van der Waals surface area (Å²) in [5.74, 6) is 0.0469. The second-order valence-corrected chi connectivity index (χ2v) is 3.88. The van der Waals surface area contributed by atoms with Crippen molar-refractivity contribution in [3.63, 3.8) is 0 Å². The molecule has 0 bridgehead atoms. The van der Waals surface area contributed by atoms with Crippen LogP contribution in [0.3, 0.4) is 0 Å². The van der Waals surface area contributed by atoms with Crippen LogP contribution in [0.5, 0.6) is 5.88 Å². The molecule has 106 valence electrons. The minimum Gasteiger partial charge on any atom is -0.481 e. The summed E-state index contributed by atoms with van der Waals surface area (Å²) in [4.78, 5) is 22.6. The van der Waals surface area contributed by atoms with E-state index in [1.807, 2.05) is 0 Å². The Labute approximate surface area is 111 Å². The van der Waals surface area contributed by atoms with Gasteiger partial charge in [-0.15, -0.1) is 0 Å². The van der Waals surface area contributed by atoms with Gasteiger partial charge in [0.25, 0.3) is 0 Å². The lowest BCUT2D eigenvalue weighted by Gasteiger charge is -2.03. The normalized spacial score (nSPS) is 10.1. The Balaban J connectivity index is 2.31. The van der Waals surface area contributed by atoms with Crippen molar-refractivity contribution >= 4 is 11.9 Å². The Morgan fingerprint density at radius 2 is 2.16 bits per heavy atom. The minimum atomic E-state index is -0.364. The minimum absolute atomic E-state index is 0.0885. The maximum atomic E-state index is 11.5. The number of esters is 1. The number of rotatable bonds is 7. The molecule has 1 aromatic heterocycles.